The minimum atomic E-state index is -0.549. The summed E-state index contributed by atoms with van der Waals surface area (Å²) in [6.07, 6.45) is 20.9. The number of unbranched alkanes of at least 4 members (excludes halogenated alkanes) is 14. The second-order valence-corrected chi connectivity index (χ2v) is 9.03. The summed E-state index contributed by atoms with van der Waals surface area (Å²) in [6.45, 7) is 8.36. The highest BCUT2D eigenvalue weighted by Crippen LogP contribution is 2.19. The Morgan fingerprint density at radius 3 is 1.44 bits per heavy atom. The number of rotatable bonds is 18. The lowest BCUT2D eigenvalue weighted by atomic mass is 9.97. The van der Waals surface area contributed by atoms with Crippen molar-refractivity contribution in [2.75, 3.05) is 7.05 Å². The van der Waals surface area contributed by atoms with Crippen molar-refractivity contribution in [1.82, 2.24) is 4.90 Å². The van der Waals surface area contributed by atoms with E-state index in [9.17, 15) is 4.79 Å². The van der Waals surface area contributed by atoms with Crippen LogP contribution in [-0.4, -0.2) is 23.5 Å². The molecule has 0 fully saturated rings. The molecule has 0 saturated heterocycles. The van der Waals surface area contributed by atoms with Crippen molar-refractivity contribution in [3.8, 4) is 0 Å². The number of carbonyl (C=O) groups is 1. The number of hydrogen-bond acceptors (Lipinski definition) is 2. The molecule has 2 N–H and O–H groups in total. The Bertz CT molecular complexity index is 352. The molecular formula is C24H50N2O. The predicted molar refractivity (Wildman–Crippen MR) is 120 cm³/mol. The van der Waals surface area contributed by atoms with Gasteiger partial charge in [0, 0.05) is 13.5 Å². The molecule has 0 aromatic heterocycles. The molecule has 0 radical (unpaired) electrons. The molecule has 1 amide bonds. The smallest absolute Gasteiger partial charge is 0.223 e. The molecule has 3 heteroatoms. The second kappa shape index (κ2) is 16.4. The fraction of sp³-hybridized carbons (Fsp3) is 0.958. The van der Waals surface area contributed by atoms with Crippen molar-refractivity contribution in [2.24, 2.45) is 11.7 Å². The number of hydrogen-bond donors (Lipinski definition) is 1. The lowest BCUT2D eigenvalue weighted by Gasteiger charge is -2.39. The predicted octanol–water partition coefficient (Wildman–Crippen LogP) is 7.04. The topological polar surface area (TPSA) is 46.3 Å². The Kier molecular flexibility index (Phi) is 16.0. The first-order chi connectivity index (χ1) is 12.8. The molecule has 3 nitrogen and oxygen atoms in total. The van der Waals surface area contributed by atoms with Crippen molar-refractivity contribution < 1.29 is 4.79 Å². The van der Waals surface area contributed by atoms with Gasteiger partial charge < -0.3 is 10.6 Å². The van der Waals surface area contributed by atoms with E-state index in [0.717, 1.165) is 6.42 Å². The summed E-state index contributed by atoms with van der Waals surface area (Å²) < 4.78 is 0. The maximum atomic E-state index is 12.3. The van der Waals surface area contributed by atoms with Gasteiger partial charge in [0.15, 0.2) is 0 Å². The monoisotopic (exact) mass is 382 g/mol. The molecule has 0 bridgehead atoms. The third kappa shape index (κ3) is 13.3. The van der Waals surface area contributed by atoms with Gasteiger partial charge in [-0.1, -0.05) is 111 Å². The van der Waals surface area contributed by atoms with E-state index < -0.39 is 5.66 Å². The minimum Gasteiger partial charge on any atom is -0.328 e. The Morgan fingerprint density at radius 2 is 1.11 bits per heavy atom. The van der Waals surface area contributed by atoms with Crippen LogP contribution < -0.4 is 5.73 Å². The zero-order valence-corrected chi connectivity index (χ0v) is 19.3. The zero-order chi connectivity index (χ0) is 20.5. The SMILES string of the molecule is CCCCCCCCCCCCCCCCCC(=O)N(C)C(C)(N)C(C)C. The van der Waals surface area contributed by atoms with Gasteiger partial charge in [-0.2, -0.15) is 0 Å². The van der Waals surface area contributed by atoms with Gasteiger partial charge in [0.25, 0.3) is 0 Å². The summed E-state index contributed by atoms with van der Waals surface area (Å²) in [5, 5.41) is 0. The lowest BCUT2D eigenvalue weighted by molar-refractivity contribution is -0.136. The van der Waals surface area contributed by atoms with Crippen LogP contribution in [0.25, 0.3) is 0 Å². The molecule has 27 heavy (non-hydrogen) atoms. The van der Waals surface area contributed by atoms with E-state index in [1.54, 1.807) is 4.90 Å². The molecule has 0 rings (SSSR count). The molecule has 0 aliphatic carbocycles. The van der Waals surface area contributed by atoms with Crippen molar-refractivity contribution in [2.45, 2.75) is 136 Å². The van der Waals surface area contributed by atoms with Gasteiger partial charge in [0.05, 0.1) is 5.66 Å². The van der Waals surface area contributed by atoms with E-state index in [1.807, 2.05) is 14.0 Å². The van der Waals surface area contributed by atoms with Crippen LogP contribution in [0.4, 0.5) is 0 Å². The van der Waals surface area contributed by atoms with E-state index in [4.69, 9.17) is 5.73 Å². The second-order valence-electron chi connectivity index (χ2n) is 9.03. The Hall–Kier alpha value is -0.570. The molecule has 1 unspecified atom stereocenters. The van der Waals surface area contributed by atoms with E-state index in [2.05, 4.69) is 20.8 Å². The van der Waals surface area contributed by atoms with Crippen molar-refractivity contribution in [3.05, 3.63) is 0 Å². The molecule has 0 aromatic carbocycles. The van der Waals surface area contributed by atoms with Crippen LogP contribution in [0, 0.1) is 5.92 Å². The van der Waals surface area contributed by atoms with Crippen LogP contribution in [0.2, 0.25) is 0 Å². The molecule has 0 aliphatic rings. The molecule has 0 heterocycles. The Balaban J connectivity index is 3.42. The summed E-state index contributed by atoms with van der Waals surface area (Å²) >= 11 is 0. The largest absolute Gasteiger partial charge is 0.328 e. The normalized spacial score (nSPS) is 13.7. The third-order valence-electron chi connectivity index (χ3n) is 6.26. The Labute approximate surface area is 170 Å². The highest BCUT2D eigenvalue weighted by molar-refractivity contribution is 5.76. The zero-order valence-electron chi connectivity index (χ0n) is 19.3. The molecule has 0 aromatic rings. The van der Waals surface area contributed by atoms with E-state index >= 15 is 0 Å². The highest BCUT2D eigenvalue weighted by Gasteiger charge is 2.30. The van der Waals surface area contributed by atoms with Gasteiger partial charge in [0.2, 0.25) is 5.91 Å². The average molecular weight is 383 g/mol. The van der Waals surface area contributed by atoms with Crippen LogP contribution in [0.15, 0.2) is 0 Å². The van der Waals surface area contributed by atoms with Crippen LogP contribution in [0.5, 0.6) is 0 Å². The lowest BCUT2D eigenvalue weighted by Crippen LogP contribution is -2.57. The van der Waals surface area contributed by atoms with Crippen LogP contribution in [0.3, 0.4) is 0 Å². The maximum absolute atomic E-state index is 12.3. The van der Waals surface area contributed by atoms with Crippen molar-refractivity contribution >= 4 is 5.91 Å². The Morgan fingerprint density at radius 1 is 0.778 bits per heavy atom. The van der Waals surface area contributed by atoms with E-state index in [0.29, 0.717) is 6.42 Å². The van der Waals surface area contributed by atoms with E-state index in [-0.39, 0.29) is 11.8 Å². The first kappa shape index (κ1) is 26.4. The highest BCUT2D eigenvalue weighted by atomic mass is 16.2. The third-order valence-corrected chi connectivity index (χ3v) is 6.26. The molecule has 0 saturated carbocycles. The summed E-state index contributed by atoms with van der Waals surface area (Å²) in [5.41, 5.74) is 5.72. The molecular weight excluding hydrogens is 332 g/mol. The summed E-state index contributed by atoms with van der Waals surface area (Å²) in [7, 11) is 1.84. The molecule has 0 aliphatic heterocycles. The fourth-order valence-electron chi connectivity index (χ4n) is 3.47. The standard InChI is InChI=1S/C24H50N2O/c1-6-7-8-9-10-11-12-13-14-15-16-17-18-19-20-21-23(27)26(5)24(4,25)22(2)3/h22H,6-21,25H2,1-5H3. The molecule has 1 atom stereocenters. The van der Waals surface area contributed by atoms with Crippen LogP contribution in [0.1, 0.15) is 130 Å². The van der Waals surface area contributed by atoms with Gasteiger partial charge in [-0.25, -0.2) is 0 Å². The summed E-state index contributed by atoms with van der Waals surface area (Å²) in [6, 6.07) is 0. The van der Waals surface area contributed by atoms with Crippen molar-refractivity contribution in [3.63, 3.8) is 0 Å². The first-order valence-corrected chi connectivity index (χ1v) is 11.9. The molecule has 0 spiro atoms. The van der Waals surface area contributed by atoms with Crippen LogP contribution in [-0.2, 0) is 4.79 Å². The van der Waals surface area contributed by atoms with Crippen LogP contribution >= 0.6 is 0 Å². The quantitative estimate of drug-likeness (QED) is 0.204. The minimum absolute atomic E-state index is 0.184. The first-order valence-electron chi connectivity index (χ1n) is 11.9. The van der Waals surface area contributed by atoms with Gasteiger partial charge in [-0.15, -0.1) is 0 Å². The number of carbonyl (C=O) groups excluding carboxylic acids is 1. The molecule has 162 valence electrons. The van der Waals surface area contributed by atoms with Crippen molar-refractivity contribution in [1.29, 1.82) is 0 Å². The summed E-state index contributed by atoms with van der Waals surface area (Å²) in [5.74, 6) is 0.441. The van der Waals surface area contributed by atoms with Gasteiger partial charge >= 0.3 is 0 Å². The maximum Gasteiger partial charge on any atom is 0.223 e. The average Bonchev–Trinajstić information content (AvgIpc) is 2.63. The van der Waals surface area contributed by atoms with Gasteiger partial charge in [-0.3, -0.25) is 4.79 Å². The van der Waals surface area contributed by atoms with Gasteiger partial charge in [-0.05, 0) is 19.3 Å². The van der Waals surface area contributed by atoms with Gasteiger partial charge in [0.1, 0.15) is 0 Å². The van der Waals surface area contributed by atoms with E-state index in [1.165, 1.54) is 89.9 Å². The number of nitrogens with zero attached hydrogens (tertiary/aromatic N) is 1. The summed E-state index contributed by atoms with van der Waals surface area (Å²) in [4.78, 5) is 14.0. The number of nitrogens with two attached hydrogens (primary N) is 1. The fourth-order valence-corrected chi connectivity index (χ4v) is 3.47. The number of amides is 1.